The third kappa shape index (κ3) is 9.10. The van der Waals surface area contributed by atoms with Gasteiger partial charge in [-0.2, -0.15) is 0 Å². The Bertz CT molecular complexity index is 1140. The molecule has 0 amide bonds. The van der Waals surface area contributed by atoms with E-state index in [1.807, 2.05) is 60.5 Å². The molecule has 290 valence electrons. The molecule has 1 saturated carbocycles. The smallest absolute Gasteiger partial charge is 0.311 e. The van der Waals surface area contributed by atoms with E-state index < -0.39 is 96.5 Å². The first kappa shape index (κ1) is 41.5. The first-order valence-corrected chi connectivity index (χ1v) is 18.9. The maximum absolute atomic E-state index is 14.2. The fourth-order valence-electron chi connectivity index (χ4n) is 8.75. The van der Waals surface area contributed by atoms with Gasteiger partial charge in [-0.3, -0.25) is 9.59 Å². The molecule has 18 atom stereocenters. The summed E-state index contributed by atoms with van der Waals surface area (Å²) in [7, 11) is 5.38. The third-order valence-electron chi connectivity index (χ3n) is 12.4. The van der Waals surface area contributed by atoms with Gasteiger partial charge in [0.2, 0.25) is 0 Å². The van der Waals surface area contributed by atoms with Gasteiger partial charge < -0.3 is 48.6 Å². The van der Waals surface area contributed by atoms with Gasteiger partial charge in [0.05, 0.1) is 42.0 Å². The summed E-state index contributed by atoms with van der Waals surface area (Å²) < 4.78 is 38.0. The number of esters is 1. The lowest BCUT2D eigenvalue weighted by atomic mass is 9.76. The first-order chi connectivity index (χ1) is 23.3. The summed E-state index contributed by atoms with van der Waals surface area (Å²) in [6.07, 6.45) is -4.35. The van der Waals surface area contributed by atoms with Crippen LogP contribution < -0.4 is 0 Å². The number of carbonyl (C=O) groups is 2. The fraction of sp³-hybridized carbons (Fsp3) is 0.947. The molecule has 0 bridgehead atoms. The zero-order valence-corrected chi connectivity index (χ0v) is 32.5. The second kappa shape index (κ2) is 16.8. The van der Waals surface area contributed by atoms with Crippen molar-refractivity contribution >= 4 is 11.8 Å². The molecule has 12 heteroatoms. The minimum absolute atomic E-state index is 0.0565. The van der Waals surface area contributed by atoms with Crippen molar-refractivity contribution in [3.05, 3.63) is 0 Å². The van der Waals surface area contributed by atoms with E-state index >= 15 is 0 Å². The molecule has 4 fully saturated rings. The van der Waals surface area contributed by atoms with Crippen molar-refractivity contribution < 1.29 is 53.3 Å². The van der Waals surface area contributed by atoms with Crippen LogP contribution >= 0.6 is 0 Å². The Kier molecular flexibility index (Phi) is 14.0. The van der Waals surface area contributed by atoms with Crippen LogP contribution in [-0.4, -0.2) is 126 Å². The summed E-state index contributed by atoms with van der Waals surface area (Å²) in [5.74, 6) is -3.45. The maximum Gasteiger partial charge on any atom is 0.311 e. The molecule has 0 radical (unpaired) electrons. The predicted octanol–water partition coefficient (Wildman–Crippen LogP) is 3.56. The number of cyclic esters (lactones) is 1. The van der Waals surface area contributed by atoms with Crippen molar-refractivity contribution in [1.29, 1.82) is 0 Å². The normalized spacial score (nSPS) is 49.0. The van der Waals surface area contributed by atoms with Gasteiger partial charge in [-0.05, 0) is 79.3 Å². The average molecular weight is 714 g/mol. The first-order valence-electron chi connectivity index (χ1n) is 18.9. The maximum atomic E-state index is 14.2. The van der Waals surface area contributed by atoms with Gasteiger partial charge in [-0.25, -0.2) is 0 Å². The van der Waals surface area contributed by atoms with Crippen LogP contribution in [0.5, 0.6) is 0 Å². The predicted molar refractivity (Wildman–Crippen MR) is 186 cm³/mol. The number of methoxy groups -OCH3 is 1. The van der Waals surface area contributed by atoms with Crippen LogP contribution in [0.4, 0.5) is 0 Å². The minimum Gasteiger partial charge on any atom is -0.461 e. The van der Waals surface area contributed by atoms with Gasteiger partial charge in [-0.1, -0.05) is 34.6 Å². The monoisotopic (exact) mass is 713 g/mol. The molecule has 0 aromatic rings. The zero-order chi connectivity index (χ0) is 37.4. The highest BCUT2D eigenvalue weighted by Gasteiger charge is 2.50. The topological polar surface area (TPSA) is 153 Å². The average Bonchev–Trinajstić information content (AvgIpc) is 3.91. The van der Waals surface area contributed by atoms with Gasteiger partial charge in [-0.15, -0.1) is 0 Å². The molecule has 4 aliphatic rings. The van der Waals surface area contributed by atoms with E-state index in [2.05, 4.69) is 0 Å². The van der Waals surface area contributed by atoms with Crippen molar-refractivity contribution in [2.24, 2.45) is 41.4 Å². The highest BCUT2D eigenvalue weighted by Crippen LogP contribution is 2.42. The Labute approximate surface area is 299 Å². The number of nitrogens with zero attached hydrogens (tertiary/aromatic N) is 1. The molecule has 50 heavy (non-hydrogen) atoms. The molecule has 3 N–H and O–H groups in total. The van der Waals surface area contributed by atoms with E-state index in [4.69, 9.17) is 28.4 Å². The highest BCUT2D eigenvalue weighted by atomic mass is 16.7. The molecule has 1 aliphatic carbocycles. The zero-order valence-electron chi connectivity index (χ0n) is 32.5. The lowest BCUT2D eigenvalue weighted by molar-refractivity contribution is -0.309. The number of aliphatic hydroxyl groups excluding tert-OH is 3. The van der Waals surface area contributed by atoms with Gasteiger partial charge in [0.1, 0.15) is 24.1 Å². The summed E-state index contributed by atoms with van der Waals surface area (Å²) in [6.45, 7) is 16.8. The fourth-order valence-corrected chi connectivity index (χ4v) is 8.75. The Morgan fingerprint density at radius 1 is 0.820 bits per heavy atom. The van der Waals surface area contributed by atoms with Gasteiger partial charge in [0.25, 0.3) is 0 Å². The molecule has 3 aliphatic heterocycles. The number of hydrogen-bond acceptors (Lipinski definition) is 12. The summed E-state index contributed by atoms with van der Waals surface area (Å²) in [6, 6.07) is -0.201. The second-order valence-electron chi connectivity index (χ2n) is 16.8. The summed E-state index contributed by atoms with van der Waals surface area (Å²) >= 11 is 0. The van der Waals surface area contributed by atoms with E-state index in [1.165, 1.54) is 0 Å². The summed E-state index contributed by atoms with van der Waals surface area (Å²) in [5.41, 5.74) is -0.952. The second-order valence-corrected chi connectivity index (χ2v) is 16.8. The molecule has 0 spiro atoms. The molecule has 18 unspecified atom stereocenters. The Morgan fingerprint density at radius 3 is 2.04 bits per heavy atom. The van der Waals surface area contributed by atoms with Crippen LogP contribution in [0.25, 0.3) is 0 Å². The largest absolute Gasteiger partial charge is 0.461 e. The molecule has 0 aromatic heterocycles. The van der Waals surface area contributed by atoms with E-state index in [1.54, 1.807) is 27.9 Å². The molecule has 4 rings (SSSR count). The lowest BCUT2D eigenvalue weighted by Crippen LogP contribution is -2.58. The van der Waals surface area contributed by atoms with Gasteiger partial charge >= 0.3 is 5.97 Å². The van der Waals surface area contributed by atoms with Crippen LogP contribution in [0.3, 0.4) is 0 Å². The SMILES string of the molecule is COC1(C)CC(OC2C(C)C(=O)OC(C3CC3)C(C)C(O)C(C)C(=O)C(C)CC(C)C(OC3OC(C)CC(N(C)C)C3O)C2C)OC(C)C1O. The molecule has 12 nitrogen and oxygen atoms in total. The summed E-state index contributed by atoms with van der Waals surface area (Å²) in [4.78, 5) is 30.0. The van der Waals surface area contributed by atoms with Crippen molar-refractivity contribution in [3.8, 4) is 0 Å². The van der Waals surface area contributed by atoms with Crippen molar-refractivity contribution in [3.63, 3.8) is 0 Å². The number of rotatable bonds is 7. The van der Waals surface area contributed by atoms with Crippen LogP contribution in [0.15, 0.2) is 0 Å². The highest BCUT2D eigenvalue weighted by molar-refractivity contribution is 5.83. The molecular weight excluding hydrogens is 646 g/mol. The number of ketones is 1. The number of hydrogen-bond donors (Lipinski definition) is 3. The van der Waals surface area contributed by atoms with Crippen molar-refractivity contribution in [2.75, 3.05) is 21.2 Å². The summed E-state index contributed by atoms with van der Waals surface area (Å²) in [5, 5.41) is 33.9. The number of ether oxygens (including phenoxy) is 6. The minimum atomic E-state index is -0.986. The van der Waals surface area contributed by atoms with Gasteiger partial charge in [0.15, 0.2) is 12.6 Å². The number of likely N-dealkylation sites (N-methyl/N-ethyl adjacent to an activating group) is 1. The quantitative estimate of drug-likeness (QED) is 0.331. The molecule has 0 aromatic carbocycles. The Morgan fingerprint density at radius 2 is 1.46 bits per heavy atom. The van der Waals surface area contributed by atoms with E-state index in [-0.39, 0.29) is 36.2 Å². The molecular formula is C38H67NO11. The van der Waals surface area contributed by atoms with Crippen LogP contribution in [-0.2, 0) is 38.0 Å². The van der Waals surface area contributed by atoms with Crippen LogP contribution in [0, 0.1) is 41.4 Å². The van der Waals surface area contributed by atoms with Crippen molar-refractivity contribution in [2.45, 2.75) is 167 Å². The Hall–Kier alpha value is -1.22. The van der Waals surface area contributed by atoms with Crippen LogP contribution in [0.1, 0.15) is 94.4 Å². The van der Waals surface area contributed by atoms with E-state index in [0.29, 0.717) is 12.8 Å². The number of aliphatic hydroxyl groups is 3. The van der Waals surface area contributed by atoms with Crippen molar-refractivity contribution in [1.82, 2.24) is 4.90 Å². The van der Waals surface area contributed by atoms with E-state index in [0.717, 1.165) is 12.8 Å². The Balaban J connectivity index is 1.76. The van der Waals surface area contributed by atoms with E-state index in [9.17, 15) is 24.9 Å². The number of Topliss-reactive ketones (excluding diaryl/α,β-unsaturated/α-hetero) is 1. The molecule has 3 saturated heterocycles. The van der Waals surface area contributed by atoms with Crippen LogP contribution in [0.2, 0.25) is 0 Å². The lowest BCUT2D eigenvalue weighted by Gasteiger charge is -2.47. The molecule has 3 heterocycles. The van der Waals surface area contributed by atoms with Gasteiger partial charge in [0, 0.05) is 43.2 Å². The standard InChI is InChI=1S/C38H67NO11/c1-18-15-19(2)32(50-37-31(42)27(39(10)11)16-20(3)46-37)23(6)33(48-28-17-38(9,45-12)35(43)25(8)47-28)24(7)36(44)49-34(26-13-14-26)22(5)30(41)21(4)29(18)40/h18-28,30-35,37,41-43H,13-17H2,1-12H3. The number of carbonyl (C=O) groups excluding carboxylic acids is 2. The third-order valence-corrected chi connectivity index (χ3v) is 12.4.